The van der Waals surface area contributed by atoms with Crippen molar-refractivity contribution in [2.24, 2.45) is 5.10 Å². The summed E-state index contributed by atoms with van der Waals surface area (Å²) in [5.74, 6) is -0.611. The maximum absolute atomic E-state index is 12.1. The van der Waals surface area contributed by atoms with Gasteiger partial charge in [-0.1, -0.05) is 0 Å². The number of imide groups is 1. The van der Waals surface area contributed by atoms with Crippen LogP contribution in [0.3, 0.4) is 0 Å². The zero-order valence-corrected chi connectivity index (χ0v) is 12.8. The van der Waals surface area contributed by atoms with E-state index in [4.69, 9.17) is 4.42 Å². The number of hydrazone groups is 1. The third-order valence-corrected chi connectivity index (χ3v) is 3.14. The molecule has 10 heteroatoms. The Morgan fingerprint density at radius 1 is 1.43 bits per heavy atom. The van der Waals surface area contributed by atoms with Crippen LogP contribution in [0.2, 0.25) is 0 Å². The minimum atomic E-state index is -0.672. The summed E-state index contributed by atoms with van der Waals surface area (Å²) in [6.45, 7) is 0.935. The molecule has 0 aliphatic carbocycles. The van der Waals surface area contributed by atoms with Crippen molar-refractivity contribution < 1.29 is 18.9 Å². The third-order valence-electron chi connectivity index (χ3n) is 3.14. The van der Waals surface area contributed by atoms with E-state index in [0.29, 0.717) is 13.0 Å². The van der Waals surface area contributed by atoms with E-state index in [0.717, 1.165) is 16.5 Å². The second-order valence-corrected chi connectivity index (χ2v) is 5.22. The molecule has 10 nitrogen and oxygen atoms in total. The number of nitrogens with zero attached hydrogens (tertiary/aromatic N) is 5. The van der Waals surface area contributed by atoms with Crippen LogP contribution in [0.25, 0.3) is 0 Å². The Balaban J connectivity index is 1.95. The van der Waals surface area contributed by atoms with Gasteiger partial charge in [-0.3, -0.25) is 19.8 Å². The highest BCUT2D eigenvalue weighted by atomic mass is 16.6. The molecule has 1 aliphatic rings. The second kappa shape index (κ2) is 7.01. The van der Waals surface area contributed by atoms with Gasteiger partial charge in [0.05, 0.1) is 12.3 Å². The summed E-state index contributed by atoms with van der Waals surface area (Å²) in [5, 5.41) is 15.4. The van der Waals surface area contributed by atoms with Crippen molar-refractivity contribution in [2.45, 2.75) is 6.42 Å². The van der Waals surface area contributed by atoms with Gasteiger partial charge in [-0.05, 0) is 33.1 Å². The summed E-state index contributed by atoms with van der Waals surface area (Å²) in [6.07, 6.45) is 1.84. The lowest BCUT2D eigenvalue weighted by atomic mass is 10.4. The number of carbonyl (C=O) groups excluding carboxylic acids is 2. The minimum Gasteiger partial charge on any atom is -0.400 e. The number of amides is 3. The highest BCUT2D eigenvalue weighted by molar-refractivity contribution is 6.02. The first kappa shape index (κ1) is 16.6. The van der Waals surface area contributed by atoms with Crippen LogP contribution in [0.5, 0.6) is 0 Å². The summed E-state index contributed by atoms with van der Waals surface area (Å²) in [7, 11) is 3.82. The van der Waals surface area contributed by atoms with Crippen molar-refractivity contribution >= 4 is 24.0 Å². The molecule has 0 bridgehead atoms. The smallest absolute Gasteiger partial charge is 0.400 e. The summed E-state index contributed by atoms with van der Waals surface area (Å²) < 4.78 is 4.89. The molecule has 1 fully saturated rings. The van der Waals surface area contributed by atoms with Crippen molar-refractivity contribution in [3.05, 3.63) is 28.0 Å². The van der Waals surface area contributed by atoms with E-state index in [2.05, 4.69) is 5.10 Å². The Morgan fingerprint density at radius 2 is 2.17 bits per heavy atom. The highest BCUT2D eigenvalue weighted by Crippen LogP contribution is 2.15. The predicted molar refractivity (Wildman–Crippen MR) is 79.9 cm³/mol. The summed E-state index contributed by atoms with van der Waals surface area (Å²) in [6, 6.07) is 2.04. The molecule has 2 heterocycles. The monoisotopic (exact) mass is 323 g/mol. The second-order valence-electron chi connectivity index (χ2n) is 5.22. The highest BCUT2D eigenvalue weighted by Gasteiger charge is 2.35. The van der Waals surface area contributed by atoms with Crippen LogP contribution in [0, 0.1) is 10.1 Å². The van der Waals surface area contributed by atoms with Crippen molar-refractivity contribution in [1.82, 2.24) is 14.8 Å². The number of nitro groups is 1. The van der Waals surface area contributed by atoms with Gasteiger partial charge in [0, 0.05) is 6.54 Å². The molecule has 0 aromatic carbocycles. The first-order valence-corrected chi connectivity index (χ1v) is 6.93. The van der Waals surface area contributed by atoms with E-state index >= 15 is 0 Å². The molecule has 0 N–H and O–H groups in total. The molecular formula is C13H17N5O5. The van der Waals surface area contributed by atoms with Gasteiger partial charge in [-0.15, -0.1) is 0 Å². The Kier molecular flexibility index (Phi) is 5.06. The zero-order chi connectivity index (χ0) is 17.0. The zero-order valence-electron chi connectivity index (χ0n) is 12.8. The fraction of sp³-hybridized carbons (Fsp3) is 0.462. The van der Waals surface area contributed by atoms with Crippen LogP contribution in [0.15, 0.2) is 21.7 Å². The first-order valence-electron chi connectivity index (χ1n) is 6.93. The van der Waals surface area contributed by atoms with E-state index in [1.54, 1.807) is 0 Å². The lowest BCUT2D eigenvalue weighted by Crippen LogP contribution is -2.33. The molecule has 0 unspecified atom stereocenters. The van der Waals surface area contributed by atoms with Gasteiger partial charge in [0.15, 0.2) is 5.76 Å². The maximum atomic E-state index is 12.1. The Bertz CT molecular complexity index is 638. The van der Waals surface area contributed by atoms with Crippen LogP contribution >= 0.6 is 0 Å². The number of rotatable bonds is 7. The molecule has 1 aliphatic heterocycles. The van der Waals surface area contributed by atoms with Gasteiger partial charge in [-0.2, -0.15) is 5.10 Å². The Hall–Kier alpha value is -2.75. The molecule has 0 atom stereocenters. The quantitative estimate of drug-likeness (QED) is 0.316. The standard InChI is InChI=1S/C13H17N5O5/c1-15(2)6-3-7-16-11(19)9-17(13(16)20)14-8-10-4-5-12(23-10)18(21)22/h4-5,8H,3,6-7,9H2,1-2H3/b14-8-. The lowest BCUT2D eigenvalue weighted by Gasteiger charge is -2.15. The average molecular weight is 323 g/mol. The van der Waals surface area contributed by atoms with Gasteiger partial charge >= 0.3 is 11.9 Å². The van der Waals surface area contributed by atoms with Gasteiger partial charge in [0.25, 0.3) is 5.91 Å². The average Bonchev–Trinajstić information content (AvgIpc) is 3.04. The first-order chi connectivity index (χ1) is 10.9. The normalized spacial score (nSPS) is 15.4. The van der Waals surface area contributed by atoms with Gasteiger partial charge in [-0.25, -0.2) is 9.80 Å². The van der Waals surface area contributed by atoms with E-state index < -0.39 is 16.8 Å². The molecule has 1 saturated heterocycles. The fourth-order valence-corrected chi connectivity index (χ4v) is 2.02. The SMILES string of the molecule is CN(C)CCCN1C(=O)CN(/N=C\c2ccc([N+](=O)[O-])o2)C1=O. The van der Waals surface area contributed by atoms with Crippen molar-refractivity contribution in [3.8, 4) is 0 Å². The van der Waals surface area contributed by atoms with E-state index in [1.165, 1.54) is 18.3 Å². The Labute approximate surface area is 132 Å². The Morgan fingerprint density at radius 3 is 2.78 bits per heavy atom. The number of urea groups is 1. The minimum absolute atomic E-state index is 0.128. The van der Waals surface area contributed by atoms with E-state index in [9.17, 15) is 19.7 Å². The maximum Gasteiger partial charge on any atom is 0.433 e. The fourth-order valence-electron chi connectivity index (χ4n) is 2.02. The molecule has 0 radical (unpaired) electrons. The molecule has 0 saturated carbocycles. The van der Waals surface area contributed by atoms with Crippen LogP contribution in [0.1, 0.15) is 12.2 Å². The number of hydrogen-bond donors (Lipinski definition) is 0. The number of carbonyl (C=O) groups is 2. The van der Waals surface area contributed by atoms with Crippen LogP contribution in [-0.4, -0.2) is 71.6 Å². The number of hydrogen-bond acceptors (Lipinski definition) is 7. The summed E-state index contributed by atoms with van der Waals surface area (Å²) in [4.78, 5) is 36.9. The van der Waals surface area contributed by atoms with Crippen LogP contribution < -0.4 is 0 Å². The molecule has 124 valence electrons. The third kappa shape index (κ3) is 4.13. The predicted octanol–water partition coefficient (Wildman–Crippen LogP) is 0.738. The molecule has 0 spiro atoms. The lowest BCUT2D eigenvalue weighted by molar-refractivity contribution is -0.402. The molecule has 2 rings (SSSR count). The molecule has 23 heavy (non-hydrogen) atoms. The molecule has 3 amide bonds. The van der Waals surface area contributed by atoms with Gasteiger partial charge < -0.3 is 9.32 Å². The summed E-state index contributed by atoms with van der Waals surface area (Å²) in [5.41, 5.74) is 0. The van der Waals surface area contributed by atoms with Crippen molar-refractivity contribution in [3.63, 3.8) is 0 Å². The van der Waals surface area contributed by atoms with Gasteiger partial charge in [0.2, 0.25) is 0 Å². The van der Waals surface area contributed by atoms with Crippen molar-refractivity contribution in [2.75, 3.05) is 33.7 Å². The van der Waals surface area contributed by atoms with E-state index in [1.807, 2.05) is 19.0 Å². The number of furan rings is 1. The van der Waals surface area contributed by atoms with Crippen LogP contribution in [-0.2, 0) is 4.79 Å². The largest absolute Gasteiger partial charge is 0.433 e. The molecular weight excluding hydrogens is 306 g/mol. The topological polar surface area (TPSA) is 112 Å². The molecule has 1 aromatic heterocycles. The van der Waals surface area contributed by atoms with E-state index in [-0.39, 0.29) is 18.2 Å². The van der Waals surface area contributed by atoms with Gasteiger partial charge in [0.1, 0.15) is 11.5 Å². The van der Waals surface area contributed by atoms with Crippen LogP contribution in [0.4, 0.5) is 10.7 Å². The molecule has 1 aromatic rings. The summed E-state index contributed by atoms with van der Waals surface area (Å²) >= 11 is 0. The van der Waals surface area contributed by atoms with Crippen molar-refractivity contribution in [1.29, 1.82) is 0 Å².